The summed E-state index contributed by atoms with van der Waals surface area (Å²) in [5.41, 5.74) is 19.6. The van der Waals surface area contributed by atoms with E-state index < -0.39 is 137 Å². The van der Waals surface area contributed by atoms with Crippen LogP contribution in [0, 0.1) is 17.8 Å². The van der Waals surface area contributed by atoms with Crippen molar-refractivity contribution in [1.29, 1.82) is 0 Å². The van der Waals surface area contributed by atoms with Crippen molar-refractivity contribution in [3.05, 3.63) is 145 Å². The first-order chi connectivity index (χ1) is 45.3. The van der Waals surface area contributed by atoms with Crippen LogP contribution in [0.3, 0.4) is 0 Å². The van der Waals surface area contributed by atoms with Crippen molar-refractivity contribution in [2.24, 2.45) is 17.8 Å². The molecular formula is C51H65N16O26P5. The summed E-state index contributed by atoms with van der Waals surface area (Å²) in [7, 11) is -25.2. The molecule has 2 unspecified atom stereocenters. The van der Waals surface area contributed by atoms with Gasteiger partial charge in [-0.15, -0.1) is 0 Å². The number of nitrogen functional groups attached to an aromatic ring is 3. The molecule has 98 heavy (non-hydrogen) atoms. The van der Waals surface area contributed by atoms with E-state index in [1.807, 2.05) is 0 Å². The lowest BCUT2D eigenvalue weighted by Crippen LogP contribution is -2.35. The maximum Gasteiger partial charge on any atom is 0.488 e. The highest BCUT2D eigenvalue weighted by molar-refractivity contribution is 7.69. The third-order valence-electron chi connectivity index (χ3n) is 14.2. The van der Waals surface area contributed by atoms with Gasteiger partial charge in [-0.05, 0) is 42.5 Å². The van der Waals surface area contributed by atoms with E-state index in [2.05, 4.69) is 53.5 Å². The number of anilines is 3. The van der Waals surface area contributed by atoms with Crippen molar-refractivity contribution >= 4 is 101 Å². The summed E-state index contributed by atoms with van der Waals surface area (Å²) >= 11 is 0. The van der Waals surface area contributed by atoms with Crippen molar-refractivity contribution in [2.75, 3.05) is 37.0 Å². The molecule has 42 nitrogen and oxygen atoms in total. The largest absolute Gasteiger partial charge is 0.488 e. The molecule has 2 aromatic carbocycles. The second kappa shape index (κ2) is 31.9. The molecule has 47 heteroatoms. The zero-order valence-electron chi connectivity index (χ0n) is 49.4. The number of hydrogen-bond acceptors (Lipinski definition) is 31. The van der Waals surface area contributed by atoms with Crippen LogP contribution < -0.4 is 23.4 Å². The second-order valence-electron chi connectivity index (χ2n) is 20.7. The quantitative estimate of drug-likeness (QED) is 0.0381. The fourth-order valence-corrected chi connectivity index (χ4v) is 14.0. The van der Waals surface area contributed by atoms with Crippen LogP contribution in [0.1, 0.15) is 46.8 Å². The Morgan fingerprint density at radius 3 is 1.27 bits per heavy atom. The molecule has 3 fully saturated rings. The van der Waals surface area contributed by atoms with Crippen LogP contribution in [0.4, 0.5) is 17.5 Å². The third-order valence-corrected chi connectivity index (χ3v) is 19.3. The topological polar surface area (TPSA) is 671 Å². The van der Waals surface area contributed by atoms with Gasteiger partial charge < -0.3 is 107 Å². The lowest BCUT2D eigenvalue weighted by molar-refractivity contribution is -0.0408. The van der Waals surface area contributed by atoms with Crippen LogP contribution in [-0.4, -0.2) is 187 Å². The van der Waals surface area contributed by atoms with Crippen LogP contribution in [0.25, 0.3) is 33.5 Å². The molecule has 14 atom stereocenters. The van der Waals surface area contributed by atoms with Crippen molar-refractivity contribution in [3.63, 3.8) is 0 Å². The molecule has 3 aliphatic rings. The molecule has 3 aliphatic heterocycles. The van der Waals surface area contributed by atoms with Gasteiger partial charge in [0, 0.05) is 29.3 Å². The van der Waals surface area contributed by atoms with E-state index in [9.17, 15) is 72.4 Å². The first-order valence-corrected chi connectivity index (χ1v) is 35.4. The molecular weight excluding hydrogens is 1410 g/mol. The first kappa shape index (κ1) is 77.4. The summed E-state index contributed by atoms with van der Waals surface area (Å²) in [6.07, 6.45) is 0.837. The number of carbonyl (C=O) groups excluding carboxylic acids is 2. The zero-order chi connectivity index (χ0) is 69.7. The lowest BCUT2D eigenvalue weighted by atomic mass is 9.98. The lowest BCUT2D eigenvalue weighted by Gasteiger charge is -2.24. The van der Waals surface area contributed by atoms with Crippen LogP contribution in [-0.2, 0) is 55.1 Å². The van der Waals surface area contributed by atoms with Gasteiger partial charge in [-0.3, -0.25) is 27.4 Å². The van der Waals surface area contributed by atoms with Gasteiger partial charge in [0.05, 0.1) is 67.6 Å². The third kappa shape index (κ3) is 18.9. The maximum absolute atomic E-state index is 13.2. The Morgan fingerprint density at radius 1 is 0.510 bits per heavy atom. The Labute approximate surface area is 551 Å². The number of phosphoric acid groups is 2. The second-order valence-corrected chi connectivity index (χ2v) is 28.3. The average Bonchev–Trinajstić information content (AvgIpc) is 1.63. The van der Waals surface area contributed by atoms with Gasteiger partial charge in [-0.1, -0.05) is 43.8 Å². The Morgan fingerprint density at radius 2 is 0.878 bits per heavy atom. The molecule has 0 aliphatic carbocycles. The minimum Gasteiger partial charge on any atom is -0.462 e. The monoisotopic (exact) mass is 1470 g/mol. The number of imidazole rings is 3. The van der Waals surface area contributed by atoms with Crippen LogP contribution in [0.15, 0.2) is 134 Å². The summed E-state index contributed by atoms with van der Waals surface area (Å²) in [5.74, 6) is -1.89. The van der Waals surface area contributed by atoms with E-state index in [0.717, 1.165) is 24.6 Å². The van der Waals surface area contributed by atoms with Crippen LogP contribution in [0.5, 0.6) is 0 Å². The molecule has 8 aromatic rings. The van der Waals surface area contributed by atoms with Gasteiger partial charge >= 0.3 is 50.4 Å². The van der Waals surface area contributed by atoms with Crippen LogP contribution >= 0.6 is 38.4 Å². The number of ether oxygens (including phenoxy) is 5. The summed E-state index contributed by atoms with van der Waals surface area (Å²) < 4.78 is 97.3. The highest BCUT2D eigenvalue weighted by Crippen LogP contribution is 2.66. The number of benzene rings is 2. The highest BCUT2D eigenvalue weighted by atomic mass is 31.3. The molecule has 0 bridgehead atoms. The minimum atomic E-state index is -5.62. The van der Waals surface area contributed by atoms with Gasteiger partial charge in [0.25, 0.3) is 0 Å². The predicted molar refractivity (Wildman–Crippen MR) is 337 cm³/mol. The Hall–Kier alpha value is -7.92. The van der Waals surface area contributed by atoms with Gasteiger partial charge in [0.15, 0.2) is 59.2 Å². The number of esters is 2. The molecule has 0 spiro atoms. The number of aliphatic hydroxyl groups is 4. The van der Waals surface area contributed by atoms with Crippen molar-refractivity contribution in [3.8, 4) is 0 Å². The Kier molecular flexibility index (Phi) is 25.2. The van der Waals surface area contributed by atoms with Crippen molar-refractivity contribution < 1.29 is 124 Å². The number of carbonyl (C=O) groups is 2. The molecule has 9 heterocycles. The van der Waals surface area contributed by atoms with Gasteiger partial charge in [0.1, 0.15) is 54.3 Å². The normalized spacial score (nSPS) is 24.7. The van der Waals surface area contributed by atoms with E-state index in [4.69, 9.17) is 60.5 Å². The molecule has 530 valence electrons. The van der Waals surface area contributed by atoms with E-state index in [1.165, 1.54) is 45.3 Å². The molecule has 0 radical (unpaired) electrons. The number of rotatable bonds is 20. The smallest absolute Gasteiger partial charge is 0.462 e. The van der Waals surface area contributed by atoms with Gasteiger partial charge in [-0.25, -0.2) is 67.9 Å². The summed E-state index contributed by atoms with van der Waals surface area (Å²) in [6.45, 7) is -1.37. The molecule has 0 amide bonds. The number of fused-ring (bicyclic) bond motifs is 3. The molecule has 0 saturated carbocycles. The number of nitrogens with two attached hydrogens (primary N) is 3. The van der Waals surface area contributed by atoms with E-state index in [0.29, 0.717) is 34.2 Å². The summed E-state index contributed by atoms with van der Waals surface area (Å²) in [5, 5.41) is 40.1. The summed E-state index contributed by atoms with van der Waals surface area (Å²) in [4.78, 5) is 135. The SMILES string of the molecule is C.N.Nc1ncnc2c1ncn2[C@@H]1O[C@H](/C=C/P(=O)(O)O)[C@@H](CO)[C@H]1O.Nc1ncnc2c1ncn2[C@@H]1O[C@H](/C=C/P(=O)(O)O)[C@@H](COC(=O)c2ccccc2)[C@H]1OC(=O)c1ccccc1.Nc1ncnc2c1ncn2[C@@H]1O[C@H](/C=C/P(=O)(O)OP(=O)(O)OP(=O)(O)O)[C@@H](CO)[C@H]1O. The zero-order valence-corrected chi connectivity index (χ0v) is 53.8. The van der Waals surface area contributed by atoms with E-state index in [-0.39, 0.29) is 65.5 Å². The predicted octanol–water partition coefficient (Wildman–Crippen LogP) is 1.66. The summed E-state index contributed by atoms with van der Waals surface area (Å²) in [6, 6.07) is 16.5. The number of aromatic nitrogens is 12. The van der Waals surface area contributed by atoms with E-state index >= 15 is 0 Å². The van der Waals surface area contributed by atoms with Crippen molar-refractivity contribution in [2.45, 2.75) is 62.7 Å². The fourth-order valence-electron chi connectivity index (χ4n) is 9.92. The number of hydrogen-bond donors (Lipinski definition) is 16. The first-order valence-electron chi connectivity index (χ1n) is 27.4. The molecule has 11 rings (SSSR count). The number of nitrogens with zero attached hydrogens (tertiary/aromatic N) is 12. The fraction of sp³-hybridized carbons (Fsp3) is 0.314. The number of aliphatic hydroxyl groups excluding tert-OH is 4. The maximum atomic E-state index is 13.2. The molecule has 6 aromatic heterocycles. The molecule has 3 saturated heterocycles. The van der Waals surface area contributed by atoms with Crippen molar-refractivity contribution in [1.82, 2.24) is 64.7 Å². The minimum absolute atomic E-state index is 0. The Bertz CT molecular complexity index is 4440. The van der Waals surface area contributed by atoms with Gasteiger partial charge in [-0.2, -0.15) is 4.31 Å². The standard InChI is InChI=1S/C26H24N5O8P.C12H18N5O12P3.C12H16N5O6P.CH4.H3N/c27-22-20-23(29-14-28-22)31(15-30-20)24-21(39-26(33)17-9-5-2-6-10-17)18(19(38-24)11-12-40(34,35)36)13-37-25(32)16-7-3-1-4-8-16;13-10-8-11(15-4-14-10)17(5-16-8)12-9(19)6(3-18)7(27-12)1-2-30(20,21)28-32(25,26)29-31(22,23)24;13-10-8-11(15-4-14-10)17(5-16-8)12-9(19)6(3-18)7(23-12)1-2-24(20,21)22;;/h1-12,14-15,18-19,21,24H,13H2,(H2,27,28,29)(H2,34,35,36);1-2,4-7,9,12,18-19H,3H2,(H,20,21)(H,25,26)(H2,13,14,15)(H2,22,23,24);1-2,4-7,9,12,18-19H,3H2,(H2,13,14,15)(H2,20,21,22);1H4;1H3/b12-11+;2*2-1+;;/t18-,19-,21-,24-;2*6-,7-,9-,12-;;/m111../s1. The average molecular weight is 1470 g/mol. The van der Waals surface area contributed by atoms with Gasteiger partial charge in [0.2, 0.25) is 0 Å². The van der Waals surface area contributed by atoms with E-state index in [1.54, 1.807) is 60.7 Å². The molecule has 21 N–H and O–H groups in total. The highest BCUT2D eigenvalue weighted by Gasteiger charge is 2.50. The van der Waals surface area contributed by atoms with Crippen LogP contribution in [0.2, 0.25) is 0 Å². The Balaban J connectivity index is 0.000000211.